The summed E-state index contributed by atoms with van der Waals surface area (Å²) in [4.78, 5) is 2.09. The zero-order valence-electron chi connectivity index (χ0n) is 11.9. The molecule has 22 heavy (non-hydrogen) atoms. The van der Waals surface area contributed by atoms with E-state index in [0.29, 0.717) is 16.9 Å². The van der Waals surface area contributed by atoms with Gasteiger partial charge in [0.1, 0.15) is 6.07 Å². The summed E-state index contributed by atoms with van der Waals surface area (Å²) in [5, 5.41) is 13.8. The number of anilines is 1. The van der Waals surface area contributed by atoms with Crippen molar-refractivity contribution in [2.75, 3.05) is 18.0 Å². The van der Waals surface area contributed by atoms with Crippen LogP contribution in [0.5, 0.6) is 0 Å². The molecule has 1 aliphatic heterocycles. The second-order valence-electron chi connectivity index (χ2n) is 5.21. The number of nitriles is 1. The summed E-state index contributed by atoms with van der Waals surface area (Å²) in [5.41, 5.74) is 1.85. The molecule has 1 saturated heterocycles. The minimum Gasteiger partial charge on any atom is -0.370 e. The molecule has 3 rings (SSSR count). The van der Waals surface area contributed by atoms with Crippen LogP contribution in [0.1, 0.15) is 18.4 Å². The number of benzene rings is 1. The summed E-state index contributed by atoms with van der Waals surface area (Å²) in [6.07, 6.45) is 3.78. The average Bonchev–Trinajstić information content (AvgIpc) is 3.13. The zero-order chi connectivity index (χ0) is 15.9. The van der Waals surface area contributed by atoms with Crippen LogP contribution in [-0.2, 0) is 7.05 Å². The highest BCUT2D eigenvalue weighted by atomic mass is 127. The first-order valence-corrected chi connectivity index (χ1v) is 8.35. The third kappa shape index (κ3) is 2.46. The summed E-state index contributed by atoms with van der Waals surface area (Å²) in [7, 11) is 1.73. The van der Waals surface area contributed by atoms with Gasteiger partial charge in [-0.15, -0.1) is 0 Å². The molecule has 0 N–H and O–H groups in total. The molecule has 0 bridgehead atoms. The number of hydrogen-bond donors (Lipinski definition) is 0. The standard InChI is InChI=1S/C15H13ClFIN4/c1-21-15(11(18)8-20-21)13-9(7-19)12(6-10(16)14(13)17)22-4-2-3-5-22/h6,8H,2-5H2,1H3. The van der Waals surface area contributed by atoms with Crippen LogP contribution < -0.4 is 4.90 Å². The van der Waals surface area contributed by atoms with Crippen molar-refractivity contribution in [3.8, 4) is 17.3 Å². The Labute approximate surface area is 146 Å². The molecule has 114 valence electrons. The van der Waals surface area contributed by atoms with Gasteiger partial charge in [-0.1, -0.05) is 11.6 Å². The van der Waals surface area contributed by atoms with Gasteiger partial charge in [0.25, 0.3) is 0 Å². The van der Waals surface area contributed by atoms with Crippen molar-refractivity contribution in [1.82, 2.24) is 9.78 Å². The minimum absolute atomic E-state index is 0.0351. The van der Waals surface area contributed by atoms with Crippen molar-refractivity contribution in [1.29, 1.82) is 5.26 Å². The quantitative estimate of drug-likeness (QED) is 0.678. The topological polar surface area (TPSA) is 44.9 Å². The fraction of sp³-hybridized carbons (Fsp3) is 0.333. The molecule has 2 aromatic rings. The predicted molar refractivity (Wildman–Crippen MR) is 92.5 cm³/mol. The van der Waals surface area contributed by atoms with Crippen LogP contribution in [-0.4, -0.2) is 22.9 Å². The summed E-state index contributed by atoms with van der Waals surface area (Å²) in [6, 6.07) is 3.73. The number of halogens is 3. The molecule has 2 heterocycles. The Morgan fingerprint density at radius 3 is 2.64 bits per heavy atom. The third-order valence-electron chi connectivity index (χ3n) is 3.89. The lowest BCUT2D eigenvalue weighted by molar-refractivity contribution is 0.627. The van der Waals surface area contributed by atoms with E-state index in [2.05, 4.69) is 38.7 Å². The second kappa shape index (κ2) is 6.05. The maximum Gasteiger partial charge on any atom is 0.152 e. The number of aryl methyl sites for hydroxylation is 1. The zero-order valence-corrected chi connectivity index (χ0v) is 14.8. The second-order valence-corrected chi connectivity index (χ2v) is 6.78. The minimum atomic E-state index is -0.567. The van der Waals surface area contributed by atoms with E-state index >= 15 is 0 Å². The molecule has 1 aromatic heterocycles. The SMILES string of the molecule is Cn1ncc(I)c1-c1c(F)c(Cl)cc(N2CCCC2)c1C#N. The van der Waals surface area contributed by atoms with Gasteiger partial charge >= 0.3 is 0 Å². The van der Waals surface area contributed by atoms with E-state index in [4.69, 9.17) is 11.6 Å². The van der Waals surface area contributed by atoms with E-state index in [1.54, 1.807) is 24.0 Å². The van der Waals surface area contributed by atoms with Crippen LogP contribution in [0.2, 0.25) is 5.02 Å². The monoisotopic (exact) mass is 430 g/mol. The molecule has 0 radical (unpaired) electrons. The van der Waals surface area contributed by atoms with Crippen LogP contribution in [0.4, 0.5) is 10.1 Å². The van der Waals surface area contributed by atoms with Crippen LogP contribution in [0.25, 0.3) is 11.3 Å². The fourth-order valence-electron chi connectivity index (χ4n) is 2.85. The van der Waals surface area contributed by atoms with Crippen molar-refractivity contribution in [3.63, 3.8) is 0 Å². The van der Waals surface area contributed by atoms with Crippen molar-refractivity contribution >= 4 is 39.9 Å². The Bertz CT molecular complexity index is 755. The first-order chi connectivity index (χ1) is 10.5. The molecular formula is C15H13ClFIN4. The van der Waals surface area contributed by atoms with Gasteiger partial charge in [-0.2, -0.15) is 10.4 Å². The van der Waals surface area contributed by atoms with Gasteiger partial charge in [-0.05, 0) is 41.5 Å². The van der Waals surface area contributed by atoms with E-state index in [1.807, 2.05) is 0 Å². The van der Waals surface area contributed by atoms with Crippen LogP contribution in [0.3, 0.4) is 0 Å². The molecule has 0 unspecified atom stereocenters. The molecule has 0 spiro atoms. The van der Waals surface area contributed by atoms with Crippen LogP contribution >= 0.6 is 34.2 Å². The Kier molecular flexibility index (Phi) is 4.28. The van der Waals surface area contributed by atoms with Gasteiger partial charge in [0.15, 0.2) is 5.82 Å². The van der Waals surface area contributed by atoms with Gasteiger partial charge in [-0.3, -0.25) is 4.68 Å². The number of nitrogens with zero attached hydrogens (tertiary/aromatic N) is 4. The van der Waals surface area contributed by atoms with Gasteiger partial charge in [-0.25, -0.2) is 4.39 Å². The molecule has 0 saturated carbocycles. The van der Waals surface area contributed by atoms with Crippen molar-refractivity contribution in [2.45, 2.75) is 12.8 Å². The van der Waals surface area contributed by atoms with Gasteiger partial charge in [0, 0.05) is 20.1 Å². The Morgan fingerprint density at radius 1 is 1.41 bits per heavy atom. The lowest BCUT2D eigenvalue weighted by Crippen LogP contribution is -2.19. The van der Waals surface area contributed by atoms with Crippen LogP contribution in [0, 0.1) is 20.7 Å². The summed E-state index contributed by atoms with van der Waals surface area (Å²) in [6.45, 7) is 1.72. The number of aromatic nitrogens is 2. The Hall–Kier alpha value is -1.33. The Morgan fingerprint density at radius 2 is 2.09 bits per heavy atom. The molecule has 0 atom stereocenters. The first kappa shape index (κ1) is 15.6. The third-order valence-corrected chi connectivity index (χ3v) is 4.95. The van der Waals surface area contributed by atoms with Crippen molar-refractivity contribution in [3.05, 3.63) is 32.2 Å². The average molecular weight is 431 g/mol. The summed E-state index contributed by atoms with van der Waals surface area (Å²) >= 11 is 8.19. The van der Waals surface area contributed by atoms with Gasteiger partial charge in [0.2, 0.25) is 0 Å². The predicted octanol–water partition coefficient (Wildman–Crippen LogP) is 3.96. The molecule has 0 aliphatic carbocycles. The molecular weight excluding hydrogens is 418 g/mol. The molecule has 4 nitrogen and oxygen atoms in total. The van der Waals surface area contributed by atoms with Crippen molar-refractivity contribution in [2.24, 2.45) is 7.05 Å². The smallest absolute Gasteiger partial charge is 0.152 e. The van der Waals surface area contributed by atoms with E-state index in [9.17, 15) is 9.65 Å². The molecule has 1 aromatic carbocycles. The molecule has 1 aliphatic rings. The molecule has 0 amide bonds. The highest BCUT2D eigenvalue weighted by Gasteiger charge is 2.26. The van der Waals surface area contributed by atoms with Gasteiger partial charge < -0.3 is 4.90 Å². The highest BCUT2D eigenvalue weighted by Crippen LogP contribution is 2.39. The normalized spacial score (nSPS) is 14.4. The van der Waals surface area contributed by atoms with E-state index in [-0.39, 0.29) is 10.6 Å². The lowest BCUT2D eigenvalue weighted by Gasteiger charge is -2.22. The van der Waals surface area contributed by atoms with Crippen LogP contribution in [0.15, 0.2) is 12.3 Å². The summed E-state index contributed by atoms with van der Waals surface area (Å²) in [5.74, 6) is -0.567. The fourth-order valence-corrected chi connectivity index (χ4v) is 3.79. The van der Waals surface area contributed by atoms with E-state index in [0.717, 1.165) is 29.5 Å². The number of hydrogen-bond acceptors (Lipinski definition) is 3. The van der Waals surface area contributed by atoms with Gasteiger partial charge in [0.05, 0.1) is 37.3 Å². The highest BCUT2D eigenvalue weighted by molar-refractivity contribution is 14.1. The summed E-state index contributed by atoms with van der Waals surface area (Å²) < 4.78 is 17.1. The molecule has 1 fully saturated rings. The number of rotatable bonds is 2. The molecule has 7 heteroatoms. The van der Waals surface area contributed by atoms with E-state index < -0.39 is 5.82 Å². The first-order valence-electron chi connectivity index (χ1n) is 6.89. The Balaban J connectivity index is 2.31. The largest absolute Gasteiger partial charge is 0.370 e. The maximum atomic E-state index is 14.7. The van der Waals surface area contributed by atoms with Crippen molar-refractivity contribution < 1.29 is 4.39 Å². The lowest BCUT2D eigenvalue weighted by atomic mass is 10.0. The van der Waals surface area contributed by atoms with E-state index in [1.165, 1.54) is 0 Å². The maximum absolute atomic E-state index is 14.7.